The number of carboxylic acid groups (broad SMARTS) is 1. The van der Waals surface area contributed by atoms with E-state index in [-0.39, 0.29) is 12.0 Å². The van der Waals surface area contributed by atoms with Gasteiger partial charge in [-0.25, -0.2) is 9.78 Å². The van der Waals surface area contributed by atoms with Crippen LogP contribution in [0.25, 0.3) is 0 Å². The van der Waals surface area contributed by atoms with E-state index in [0.29, 0.717) is 43.4 Å². The summed E-state index contributed by atoms with van der Waals surface area (Å²) in [6.45, 7) is 1.85. The predicted molar refractivity (Wildman–Crippen MR) is 104 cm³/mol. The fourth-order valence-electron chi connectivity index (χ4n) is 3.20. The Kier molecular flexibility index (Phi) is 7.02. The lowest BCUT2D eigenvalue weighted by atomic mass is 10.2. The molecule has 2 aliphatic rings. The second kappa shape index (κ2) is 9.72. The van der Waals surface area contributed by atoms with Gasteiger partial charge in [0.2, 0.25) is 11.8 Å². The molecule has 8 nitrogen and oxygen atoms in total. The Labute approximate surface area is 181 Å². The van der Waals surface area contributed by atoms with Crippen molar-refractivity contribution in [1.82, 2.24) is 14.5 Å². The first kappa shape index (κ1) is 23.1. The van der Waals surface area contributed by atoms with E-state index in [1.807, 2.05) is 23.2 Å². The van der Waals surface area contributed by atoms with Gasteiger partial charge in [0.05, 0.1) is 25.2 Å². The number of hydrogen-bond donors (Lipinski definition) is 1. The standard InChI is InChI=1S/C19H20N4O2.C2HF3O2/c20-9-15-5-6-18(21-10-15)25-17-12-22-7-1-2-16(22)11-23(13-17)19(24)8-14-3-4-14;3-2(4,5)1(6)7/h1-2,5-7,10,14,17H,3-4,8,11-13H2;(H,6,7). The Morgan fingerprint density at radius 2 is 1.97 bits per heavy atom. The van der Waals surface area contributed by atoms with Crippen LogP contribution in [0.5, 0.6) is 5.88 Å². The van der Waals surface area contributed by atoms with E-state index in [0.717, 1.165) is 5.69 Å². The van der Waals surface area contributed by atoms with Crippen molar-refractivity contribution in [3.8, 4) is 11.9 Å². The van der Waals surface area contributed by atoms with Crippen LogP contribution in [-0.2, 0) is 22.7 Å². The van der Waals surface area contributed by atoms with Gasteiger partial charge in [-0.15, -0.1) is 0 Å². The maximum atomic E-state index is 12.6. The fraction of sp³-hybridized carbons (Fsp3) is 0.429. The smallest absolute Gasteiger partial charge is 0.475 e. The highest BCUT2D eigenvalue weighted by Gasteiger charge is 2.38. The number of aromatic nitrogens is 2. The fourth-order valence-corrected chi connectivity index (χ4v) is 3.20. The van der Waals surface area contributed by atoms with Gasteiger partial charge in [-0.1, -0.05) is 0 Å². The van der Waals surface area contributed by atoms with Crippen LogP contribution < -0.4 is 4.74 Å². The third-order valence-corrected chi connectivity index (χ3v) is 5.01. The van der Waals surface area contributed by atoms with E-state index in [4.69, 9.17) is 19.9 Å². The SMILES string of the molecule is N#Cc1ccc(OC2CN(C(=O)CC3CC3)Cc3cccn3C2)nc1.O=C(O)C(F)(F)F. The number of alkyl halides is 3. The van der Waals surface area contributed by atoms with Gasteiger partial charge in [0.1, 0.15) is 12.2 Å². The molecule has 0 saturated heterocycles. The van der Waals surface area contributed by atoms with Gasteiger partial charge in [0.15, 0.2) is 0 Å². The molecule has 1 aliphatic carbocycles. The van der Waals surface area contributed by atoms with Gasteiger partial charge in [0, 0.05) is 30.6 Å². The summed E-state index contributed by atoms with van der Waals surface area (Å²) in [4.78, 5) is 27.6. The van der Waals surface area contributed by atoms with E-state index >= 15 is 0 Å². The number of carbonyl (C=O) groups is 2. The van der Waals surface area contributed by atoms with Crippen molar-refractivity contribution in [2.45, 2.75) is 44.6 Å². The van der Waals surface area contributed by atoms with Gasteiger partial charge in [-0.3, -0.25) is 4.79 Å². The van der Waals surface area contributed by atoms with Crippen LogP contribution in [0, 0.1) is 17.2 Å². The van der Waals surface area contributed by atoms with E-state index in [1.165, 1.54) is 19.0 Å². The molecular formula is C21H21F3N4O4. The molecule has 0 aromatic carbocycles. The highest BCUT2D eigenvalue weighted by atomic mass is 19.4. The molecule has 0 bridgehead atoms. The number of carbonyl (C=O) groups excluding carboxylic acids is 1. The first-order valence-corrected chi connectivity index (χ1v) is 9.90. The van der Waals surface area contributed by atoms with Crippen LogP contribution >= 0.6 is 0 Å². The average molecular weight is 450 g/mol. The summed E-state index contributed by atoms with van der Waals surface area (Å²) in [6.07, 6.45) is 1.26. The lowest BCUT2D eigenvalue weighted by molar-refractivity contribution is -0.192. The van der Waals surface area contributed by atoms with Crippen LogP contribution in [-0.4, -0.2) is 50.3 Å². The first-order chi connectivity index (χ1) is 15.2. The van der Waals surface area contributed by atoms with Gasteiger partial charge in [0.25, 0.3) is 0 Å². The Bertz CT molecular complexity index is 994. The van der Waals surface area contributed by atoms with E-state index in [2.05, 4.69) is 15.6 Å². The minimum absolute atomic E-state index is 0.169. The van der Waals surface area contributed by atoms with Crippen molar-refractivity contribution in [2.24, 2.45) is 5.92 Å². The molecule has 4 rings (SSSR count). The molecule has 1 unspecified atom stereocenters. The Morgan fingerprint density at radius 1 is 1.25 bits per heavy atom. The zero-order chi connectivity index (χ0) is 23.3. The number of carboxylic acids is 1. The lowest BCUT2D eigenvalue weighted by Crippen LogP contribution is -2.38. The van der Waals surface area contributed by atoms with Crippen molar-refractivity contribution >= 4 is 11.9 Å². The molecule has 1 saturated carbocycles. The van der Waals surface area contributed by atoms with E-state index in [9.17, 15) is 18.0 Å². The summed E-state index contributed by atoms with van der Waals surface area (Å²) in [7, 11) is 0. The van der Waals surface area contributed by atoms with Crippen LogP contribution in [0.15, 0.2) is 36.7 Å². The molecule has 2 aromatic heterocycles. The summed E-state index contributed by atoms with van der Waals surface area (Å²) in [5, 5.41) is 16.0. The number of pyridine rings is 1. The maximum absolute atomic E-state index is 12.6. The van der Waals surface area contributed by atoms with Gasteiger partial charge in [-0.2, -0.15) is 18.4 Å². The van der Waals surface area contributed by atoms with E-state index < -0.39 is 12.1 Å². The normalized spacial score (nSPS) is 17.8. The number of amides is 1. The number of fused-ring (bicyclic) bond motifs is 1. The molecule has 0 radical (unpaired) electrons. The minimum Gasteiger partial charge on any atom is -0.475 e. The lowest BCUT2D eigenvalue weighted by Gasteiger charge is -2.24. The monoisotopic (exact) mass is 450 g/mol. The second-order valence-corrected chi connectivity index (χ2v) is 7.61. The topological polar surface area (TPSA) is 108 Å². The molecule has 1 atom stereocenters. The van der Waals surface area contributed by atoms with Crippen molar-refractivity contribution in [1.29, 1.82) is 5.26 Å². The van der Waals surface area contributed by atoms with Crippen LogP contribution in [0.2, 0.25) is 0 Å². The van der Waals surface area contributed by atoms with Crippen LogP contribution in [0.1, 0.15) is 30.5 Å². The number of rotatable bonds is 4. The Morgan fingerprint density at radius 3 is 2.53 bits per heavy atom. The largest absolute Gasteiger partial charge is 0.490 e. The van der Waals surface area contributed by atoms with Gasteiger partial charge in [-0.05, 0) is 37.0 Å². The van der Waals surface area contributed by atoms with Crippen LogP contribution in [0.3, 0.4) is 0 Å². The summed E-state index contributed by atoms with van der Waals surface area (Å²) in [5.41, 5.74) is 1.63. The zero-order valence-corrected chi connectivity index (χ0v) is 17.0. The summed E-state index contributed by atoms with van der Waals surface area (Å²) < 4.78 is 39.9. The summed E-state index contributed by atoms with van der Waals surface area (Å²) >= 11 is 0. The van der Waals surface area contributed by atoms with E-state index in [1.54, 1.807) is 12.1 Å². The second-order valence-electron chi connectivity index (χ2n) is 7.61. The molecule has 170 valence electrons. The summed E-state index contributed by atoms with van der Waals surface area (Å²) in [5.74, 6) is -1.50. The minimum atomic E-state index is -5.08. The molecule has 1 fully saturated rings. The van der Waals surface area contributed by atoms with Crippen molar-refractivity contribution in [3.63, 3.8) is 0 Å². The molecule has 1 aliphatic heterocycles. The highest BCUT2D eigenvalue weighted by molar-refractivity contribution is 5.76. The number of ether oxygens (including phenoxy) is 1. The molecule has 32 heavy (non-hydrogen) atoms. The molecule has 0 spiro atoms. The van der Waals surface area contributed by atoms with Crippen molar-refractivity contribution in [3.05, 3.63) is 47.9 Å². The third-order valence-electron chi connectivity index (χ3n) is 5.01. The van der Waals surface area contributed by atoms with Crippen molar-refractivity contribution < 1.29 is 32.6 Å². The van der Waals surface area contributed by atoms with Gasteiger partial charge >= 0.3 is 12.1 Å². The molecule has 1 N–H and O–H groups in total. The Hall–Kier alpha value is -3.55. The van der Waals surface area contributed by atoms with Crippen LogP contribution in [0.4, 0.5) is 13.2 Å². The predicted octanol–water partition coefficient (Wildman–Crippen LogP) is 2.98. The zero-order valence-electron chi connectivity index (χ0n) is 17.0. The third kappa shape index (κ3) is 6.47. The molecule has 11 heteroatoms. The number of nitriles is 1. The number of nitrogens with zero attached hydrogens (tertiary/aromatic N) is 4. The summed E-state index contributed by atoms with van der Waals surface area (Å²) in [6, 6.07) is 9.50. The quantitative estimate of drug-likeness (QED) is 0.767. The van der Waals surface area contributed by atoms with Gasteiger partial charge < -0.3 is 19.3 Å². The van der Waals surface area contributed by atoms with Crippen molar-refractivity contribution in [2.75, 3.05) is 6.54 Å². The average Bonchev–Trinajstić information content (AvgIpc) is 3.48. The molecule has 1 amide bonds. The maximum Gasteiger partial charge on any atom is 0.490 e. The number of hydrogen-bond acceptors (Lipinski definition) is 5. The molecule has 2 aromatic rings. The molecule has 3 heterocycles. The number of halogens is 3. The number of aliphatic carboxylic acids is 1. The first-order valence-electron chi connectivity index (χ1n) is 9.90. The Balaban J connectivity index is 0.000000360. The highest BCUT2D eigenvalue weighted by Crippen LogP contribution is 2.33. The molecular weight excluding hydrogens is 429 g/mol.